The molecular formula is C16H23NO4. The highest BCUT2D eigenvalue weighted by molar-refractivity contribution is 5.87. The van der Waals surface area contributed by atoms with Crippen molar-refractivity contribution in [2.75, 3.05) is 6.54 Å². The van der Waals surface area contributed by atoms with Crippen LogP contribution in [0.15, 0.2) is 24.3 Å². The van der Waals surface area contributed by atoms with Crippen molar-refractivity contribution in [1.82, 2.24) is 5.32 Å². The standard InChI is InChI=1S/C16H23NO4/c1-16(2,3)9-13(18)10-17-14(19)8-11-4-6-12(7-5-11)15(20)21/h4-7,13,18H,8-10H2,1-3H3,(H,17,19)(H,20,21). The van der Waals surface area contributed by atoms with Crippen LogP contribution in [0.25, 0.3) is 0 Å². The maximum atomic E-state index is 11.8. The van der Waals surface area contributed by atoms with Crippen molar-refractivity contribution in [2.45, 2.75) is 39.7 Å². The second kappa shape index (κ2) is 7.22. The van der Waals surface area contributed by atoms with E-state index in [-0.39, 0.29) is 29.9 Å². The van der Waals surface area contributed by atoms with E-state index in [1.54, 1.807) is 12.1 Å². The lowest BCUT2D eigenvalue weighted by molar-refractivity contribution is -0.121. The Kier molecular flexibility index (Phi) is 5.90. The number of hydrogen-bond acceptors (Lipinski definition) is 3. The number of benzene rings is 1. The highest BCUT2D eigenvalue weighted by Crippen LogP contribution is 2.20. The molecule has 0 heterocycles. The Morgan fingerprint density at radius 2 is 1.76 bits per heavy atom. The first kappa shape index (κ1) is 17.2. The molecule has 21 heavy (non-hydrogen) atoms. The first-order chi connectivity index (χ1) is 9.67. The summed E-state index contributed by atoms with van der Waals surface area (Å²) in [5, 5.41) is 21.3. The number of carbonyl (C=O) groups excluding carboxylic acids is 1. The van der Waals surface area contributed by atoms with Crippen molar-refractivity contribution < 1.29 is 19.8 Å². The van der Waals surface area contributed by atoms with Gasteiger partial charge in [0, 0.05) is 6.54 Å². The van der Waals surface area contributed by atoms with E-state index in [9.17, 15) is 14.7 Å². The summed E-state index contributed by atoms with van der Waals surface area (Å²) < 4.78 is 0. The van der Waals surface area contributed by atoms with Crippen LogP contribution in [-0.2, 0) is 11.2 Å². The van der Waals surface area contributed by atoms with E-state index >= 15 is 0 Å². The molecule has 0 aliphatic carbocycles. The van der Waals surface area contributed by atoms with E-state index in [1.165, 1.54) is 12.1 Å². The van der Waals surface area contributed by atoms with Gasteiger partial charge in [0.1, 0.15) is 0 Å². The third kappa shape index (κ3) is 6.90. The maximum Gasteiger partial charge on any atom is 0.335 e. The molecule has 0 fully saturated rings. The Balaban J connectivity index is 2.41. The number of aliphatic hydroxyl groups excluding tert-OH is 1. The normalized spacial score (nSPS) is 12.8. The van der Waals surface area contributed by atoms with Crippen LogP contribution in [0, 0.1) is 5.41 Å². The van der Waals surface area contributed by atoms with Crippen molar-refractivity contribution in [3.8, 4) is 0 Å². The minimum Gasteiger partial charge on any atom is -0.478 e. The monoisotopic (exact) mass is 293 g/mol. The Bertz CT molecular complexity index is 488. The molecule has 1 aromatic rings. The Hall–Kier alpha value is -1.88. The van der Waals surface area contributed by atoms with Crippen LogP contribution >= 0.6 is 0 Å². The molecule has 0 bridgehead atoms. The van der Waals surface area contributed by atoms with Crippen LogP contribution in [-0.4, -0.2) is 34.7 Å². The molecule has 0 aromatic heterocycles. The van der Waals surface area contributed by atoms with Gasteiger partial charge in [-0.15, -0.1) is 0 Å². The van der Waals surface area contributed by atoms with Crippen molar-refractivity contribution in [1.29, 1.82) is 0 Å². The quantitative estimate of drug-likeness (QED) is 0.747. The Labute approximate surface area is 125 Å². The molecule has 0 aliphatic heterocycles. The molecule has 0 aliphatic rings. The summed E-state index contributed by atoms with van der Waals surface area (Å²) >= 11 is 0. The minimum atomic E-state index is -0.990. The molecule has 5 heteroatoms. The summed E-state index contributed by atoms with van der Waals surface area (Å²) in [6.07, 6.45) is 0.214. The van der Waals surface area contributed by atoms with Gasteiger partial charge in [-0.2, -0.15) is 0 Å². The number of aliphatic hydroxyl groups is 1. The Morgan fingerprint density at radius 3 is 2.24 bits per heavy atom. The summed E-state index contributed by atoms with van der Waals surface area (Å²) in [6, 6.07) is 6.18. The van der Waals surface area contributed by atoms with Gasteiger partial charge in [0.15, 0.2) is 0 Å². The summed E-state index contributed by atoms with van der Waals surface area (Å²) in [4.78, 5) is 22.5. The van der Waals surface area contributed by atoms with Gasteiger partial charge >= 0.3 is 5.97 Å². The lowest BCUT2D eigenvalue weighted by Gasteiger charge is -2.22. The van der Waals surface area contributed by atoms with E-state index in [4.69, 9.17) is 5.11 Å². The third-order valence-corrected chi connectivity index (χ3v) is 2.95. The predicted molar refractivity (Wildman–Crippen MR) is 80.2 cm³/mol. The van der Waals surface area contributed by atoms with Crippen LogP contribution in [0.3, 0.4) is 0 Å². The molecule has 0 spiro atoms. The summed E-state index contributed by atoms with van der Waals surface area (Å²) in [7, 11) is 0. The van der Waals surface area contributed by atoms with Gasteiger partial charge in [0.25, 0.3) is 0 Å². The summed E-state index contributed by atoms with van der Waals surface area (Å²) in [6.45, 7) is 6.31. The minimum absolute atomic E-state index is 0.0107. The smallest absolute Gasteiger partial charge is 0.335 e. The number of hydrogen-bond donors (Lipinski definition) is 3. The zero-order valence-electron chi connectivity index (χ0n) is 12.7. The van der Waals surface area contributed by atoms with Crippen molar-refractivity contribution >= 4 is 11.9 Å². The lowest BCUT2D eigenvalue weighted by Crippen LogP contribution is -2.35. The van der Waals surface area contributed by atoms with Gasteiger partial charge in [-0.05, 0) is 29.5 Å². The van der Waals surface area contributed by atoms with Crippen LogP contribution in [0.5, 0.6) is 0 Å². The van der Waals surface area contributed by atoms with E-state index in [0.29, 0.717) is 6.42 Å². The second-order valence-corrected chi connectivity index (χ2v) is 6.40. The molecule has 1 unspecified atom stereocenters. The number of carboxylic acid groups (broad SMARTS) is 1. The van der Waals surface area contributed by atoms with Crippen LogP contribution in [0.4, 0.5) is 0 Å². The van der Waals surface area contributed by atoms with Crippen LogP contribution in [0.2, 0.25) is 0 Å². The molecule has 5 nitrogen and oxygen atoms in total. The fourth-order valence-corrected chi connectivity index (χ4v) is 2.02. The fourth-order valence-electron chi connectivity index (χ4n) is 2.02. The molecule has 0 saturated heterocycles. The van der Waals surface area contributed by atoms with E-state index < -0.39 is 12.1 Å². The molecule has 0 saturated carbocycles. The highest BCUT2D eigenvalue weighted by atomic mass is 16.4. The number of aromatic carboxylic acids is 1. The molecule has 1 atom stereocenters. The number of rotatable bonds is 6. The second-order valence-electron chi connectivity index (χ2n) is 6.40. The van der Waals surface area contributed by atoms with Crippen molar-refractivity contribution in [2.24, 2.45) is 5.41 Å². The van der Waals surface area contributed by atoms with Gasteiger partial charge in [0.05, 0.1) is 18.1 Å². The lowest BCUT2D eigenvalue weighted by atomic mass is 9.89. The van der Waals surface area contributed by atoms with Gasteiger partial charge in [-0.25, -0.2) is 4.79 Å². The molecule has 0 radical (unpaired) electrons. The first-order valence-electron chi connectivity index (χ1n) is 6.94. The zero-order valence-corrected chi connectivity index (χ0v) is 12.7. The van der Waals surface area contributed by atoms with Crippen LogP contribution < -0.4 is 5.32 Å². The third-order valence-electron chi connectivity index (χ3n) is 2.95. The van der Waals surface area contributed by atoms with Crippen molar-refractivity contribution in [3.63, 3.8) is 0 Å². The summed E-state index contributed by atoms with van der Waals surface area (Å²) in [5.41, 5.74) is 0.944. The zero-order chi connectivity index (χ0) is 16.0. The Morgan fingerprint density at radius 1 is 1.19 bits per heavy atom. The topological polar surface area (TPSA) is 86.6 Å². The van der Waals surface area contributed by atoms with E-state index in [2.05, 4.69) is 5.32 Å². The maximum absolute atomic E-state index is 11.8. The number of carbonyl (C=O) groups is 2. The van der Waals surface area contributed by atoms with Gasteiger partial charge in [-0.1, -0.05) is 32.9 Å². The molecule has 116 valence electrons. The first-order valence-corrected chi connectivity index (χ1v) is 6.94. The largest absolute Gasteiger partial charge is 0.478 e. The van der Waals surface area contributed by atoms with E-state index in [0.717, 1.165) is 5.56 Å². The average Bonchev–Trinajstić information content (AvgIpc) is 2.35. The molecule has 1 aromatic carbocycles. The molecule has 3 N–H and O–H groups in total. The fraction of sp³-hybridized carbons (Fsp3) is 0.500. The number of carboxylic acids is 1. The molecule has 1 rings (SSSR count). The highest BCUT2D eigenvalue weighted by Gasteiger charge is 2.17. The predicted octanol–water partition coefficient (Wildman–Crippen LogP) is 1.84. The van der Waals surface area contributed by atoms with E-state index in [1.807, 2.05) is 20.8 Å². The van der Waals surface area contributed by atoms with Crippen LogP contribution in [0.1, 0.15) is 43.1 Å². The molecular weight excluding hydrogens is 270 g/mol. The van der Waals surface area contributed by atoms with Gasteiger partial charge in [0.2, 0.25) is 5.91 Å². The number of amides is 1. The summed E-state index contributed by atoms with van der Waals surface area (Å²) in [5.74, 6) is -1.18. The molecule has 1 amide bonds. The SMILES string of the molecule is CC(C)(C)CC(O)CNC(=O)Cc1ccc(C(=O)O)cc1. The average molecular weight is 293 g/mol. The van der Waals surface area contributed by atoms with Gasteiger partial charge in [-0.3, -0.25) is 4.79 Å². The number of nitrogens with one attached hydrogen (secondary N) is 1. The van der Waals surface area contributed by atoms with Gasteiger partial charge < -0.3 is 15.5 Å². The van der Waals surface area contributed by atoms with Crippen molar-refractivity contribution in [3.05, 3.63) is 35.4 Å².